The third kappa shape index (κ3) is 5.66. The SMILES string of the molecule is CCOc1cc(C2C3=C(CC(C)(C)CC3=O)N(CC)C3=C2C(=O)CC(C)(C)C3)cc(I)c1OS(=O)(=O)c1ccccc1. The topological polar surface area (TPSA) is 90.0 Å². The Morgan fingerprint density at radius 3 is 1.93 bits per heavy atom. The van der Waals surface area contributed by atoms with Gasteiger partial charge in [-0.3, -0.25) is 9.59 Å². The van der Waals surface area contributed by atoms with Gasteiger partial charge in [-0.15, -0.1) is 0 Å². The quantitative estimate of drug-likeness (QED) is 0.223. The predicted molar refractivity (Wildman–Crippen MR) is 170 cm³/mol. The summed E-state index contributed by atoms with van der Waals surface area (Å²) in [4.78, 5) is 30.2. The molecular formula is C33H38INO6S. The van der Waals surface area contributed by atoms with E-state index >= 15 is 0 Å². The van der Waals surface area contributed by atoms with Gasteiger partial charge in [0.2, 0.25) is 0 Å². The molecule has 1 aliphatic heterocycles. The Labute approximate surface area is 262 Å². The van der Waals surface area contributed by atoms with Gasteiger partial charge in [0.1, 0.15) is 4.90 Å². The first-order chi connectivity index (χ1) is 19.7. The lowest BCUT2D eigenvalue weighted by atomic mass is 9.63. The maximum absolute atomic E-state index is 13.9. The van der Waals surface area contributed by atoms with Crippen LogP contribution in [0.2, 0.25) is 0 Å². The minimum absolute atomic E-state index is 0.0368. The molecule has 0 saturated heterocycles. The van der Waals surface area contributed by atoms with Crippen molar-refractivity contribution >= 4 is 44.3 Å². The summed E-state index contributed by atoms with van der Waals surface area (Å²) in [6, 6.07) is 11.6. The molecular weight excluding hydrogens is 665 g/mol. The van der Waals surface area contributed by atoms with Gasteiger partial charge in [-0.25, -0.2) is 0 Å². The molecule has 0 atom stereocenters. The first-order valence-corrected chi connectivity index (χ1v) is 16.9. The Balaban J connectivity index is 1.71. The number of allylic oxidation sites excluding steroid dienone is 4. The molecule has 9 heteroatoms. The molecule has 5 rings (SSSR count). The molecule has 3 aliphatic rings. The average molecular weight is 704 g/mol. The monoisotopic (exact) mass is 703 g/mol. The molecule has 2 aliphatic carbocycles. The van der Waals surface area contributed by atoms with Crippen LogP contribution in [-0.4, -0.2) is 38.0 Å². The minimum atomic E-state index is -4.12. The van der Waals surface area contributed by atoms with Crippen LogP contribution >= 0.6 is 22.6 Å². The van der Waals surface area contributed by atoms with Gasteiger partial charge in [0.15, 0.2) is 23.1 Å². The molecule has 42 heavy (non-hydrogen) atoms. The highest BCUT2D eigenvalue weighted by molar-refractivity contribution is 14.1. The lowest BCUT2D eigenvalue weighted by Gasteiger charge is -2.49. The van der Waals surface area contributed by atoms with E-state index in [0.29, 0.717) is 34.1 Å². The second-order valence-electron chi connectivity index (χ2n) is 12.9. The van der Waals surface area contributed by atoms with Crippen molar-refractivity contribution in [2.75, 3.05) is 13.2 Å². The summed E-state index contributed by atoms with van der Waals surface area (Å²) in [5.41, 5.74) is 3.66. The highest BCUT2D eigenvalue weighted by Crippen LogP contribution is 2.55. The smallest absolute Gasteiger partial charge is 0.339 e. The number of nitrogens with zero attached hydrogens (tertiary/aromatic N) is 1. The fourth-order valence-electron chi connectivity index (χ4n) is 6.61. The van der Waals surface area contributed by atoms with E-state index in [1.54, 1.807) is 24.3 Å². The lowest BCUT2D eigenvalue weighted by molar-refractivity contribution is -0.119. The highest BCUT2D eigenvalue weighted by atomic mass is 127. The number of benzene rings is 2. The van der Waals surface area contributed by atoms with E-state index in [2.05, 4.69) is 62.1 Å². The van der Waals surface area contributed by atoms with E-state index in [9.17, 15) is 18.0 Å². The molecule has 1 heterocycles. The van der Waals surface area contributed by atoms with Crippen LogP contribution in [0.15, 0.2) is 69.9 Å². The summed E-state index contributed by atoms with van der Waals surface area (Å²) in [6.45, 7) is 13.3. The Bertz CT molecular complexity index is 1570. The van der Waals surface area contributed by atoms with Crippen molar-refractivity contribution in [3.8, 4) is 11.5 Å². The number of carbonyl (C=O) groups excluding carboxylic acids is 2. The number of hydrogen-bond donors (Lipinski definition) is 0. The van der Waals surface area contributed by atoms with Crippen molar-refractivity contribution in [2.45, 2.75) is 78.0 Å². The molecule has 0 saturated carbocycles. The van der Waals surface area contributed by atoms with Crippen molar-refractivity contribution in [1.29, 1.82) is 0 Å². The number of carbonyl (C=O) groups is 2. The third-order valence-electron chi connectivity index (χ3n) is 8.23. The van der Waals surface area contributed by atoms with Gasteiger partial charge in [-0.1, -0.05) is 45.9 Å². The predicted octanol–water partition coefficient (Wildman–Crippen LogP) is 7.16. The molecule has 2 aromatic carbocycles. The normalized spacial score (nSPS) is 20.4. The second kappa shape index (κ2) is 11.1. The lowest BCUT2D eigenvalue weighted by Crippen LogP contribution is -2.44. The molecule has 0 N–H and O–H groups in total. The summed E-state index contributed by atoms with van der Waals surface area (Å²) >= 11 is 2.05. The largest absolute Gasteiger partial charge is 0.490 e. The van der Waals surface area contributed by atoms with Crippen molar-refractivity contribution in [3.05, 3.63) is 74.1 Å². The molecule has 0 spiro atoms. The standard InChI is InChI=1S/C33H38INO6S/c1-7-35-23-16-32(3,4)18-25(36)29(23)28(30-24(35)17-33(5,6)19-26(30)37)20-14-22(34)31(27(15-20)40-8-2)41-42(38,39)21-12-10-9-11-13-21/h9-15,28H,7-8,16-19H2,1-6H3. The third-order valence-corrected chi connectivity index (χ3v) is 10.3. The maximum atomic E-state index is 13.9. The summed E-state index contributed by atoms with van der Waals surface area (Å²) in [5.74, 6) is -0.111. The maximum Gasteiger partial charge on any atom is 0.339 e. The van der Waals surface area contributed by atoms with Crippen molar-refractivity contribution in [1.82, 2.24) is 4.90 Å². The molecule has 0 unspecified atom stereocenters. The zero-order valence-corrected chi connectivity index (χ0v) is 28.0. The minimum Gasteiger partial charge on any atom is -0.490 e. The van der Waals surface area contributed by atoms with Crippen LogP contribution in [0.5, 0.6) is 11.5 Å². The first-order valence-electron chi connectivity index (χ1n) is 14.4. The molecule has 0 aromatic heterocycles. The molecule has 0 amide bonds. The molecule has 2 aromatic rings. The highest BCUT2D eigenvalue weighted by Gasteiger charge is 2.49. The number of ether oxygens (including phenoxy) is 1. The van der Waals surface area contributed by atoms with Crippen LogP contribution in [0.1, 0.15) is 78.7 Å². The van der Waals surface area contributed by atoms with E-state index in [1.165, 1.54) is 12.1 Å². The van der Waals surface area contributed by atoms with E-state index in [4.69, 9.17) is 8.92 Å². The molecule has 7 nitrogen and oxygen atoms in total. The zero-order chi connectivity index (χ0) is 30.6. The van der Waals surface area contributed by atoms with Gasteiger partial charge in [-0.2, -0.15) is 8.42 Å². The van der Waals surface area contributed by atoms with E-state index in [-0.39, 0.29) is 45.4 Å². The number of hydrogen-bond acceptors (Lipinski definition) is 7. The van der Waals surface area contributed by atoms with E-state index < -0.39 is 16.0 Å². The van der Waals surface area contributed by atoms with Crippen LogP contribution < -0.4 is 8.92 Å². The van der Waals surface area contributed by atoms with Crippen molar-refractivity contribution < 1.29 is 26.9 Å². The van der Waals surface area contributed by atoms with Crippen molar-refractivity contribution in [3.63, 3.8) is 0 Å². The molecule has 224 valence electrons. The first kappa shape index (κ1) is 30.8. The number of rotatable bonds is 7. The van der Waals surface area contributed by atoms with Crippen LogP contribution in [0.3, 0.4) is 0 Å². The van der Waals surface area contributed by atoms with Gasteiger partial charge in [-0.05, 0) is 89.9 Å². The van der Waals surface area contributed by atoms with Gasteiger partial charge < -0.3 is 13.8 Å². The Hall–Kier alpha value is -2.66. The van der Waals surface area contributed by atoms with Gasteiger partial charge >= 0.3 is 10.1 Å². The summed E-state index contributed by atoms with van der Waals surface area (Å²) < 4.78 is 38.5. The molecule has 0 fully saturated rings. The summed E-state index contributed by atoms with van der Waals surface area (Å²) in [6.07, 6.45) is 2.26. The second-order valence-corrected chi connectivity index (χ2v) is 15.6. The summed E-state index contributed by atoms with van der Waals surface area (Å²) in [7, 11) is -4.12. The number of ketones is 2. The van der Waals surface area contributed by atoms with E-state index in [0.717, 1.165) is 29.8 Å². The van der Waals surface area contributed by atoms with Crippen LogP contribution in [0.4, 0.5) is 0 Å². The fourth-order valence-corrected chi connectivity index (χ4v) is 8.47. The Morgan fingerprint density at radius 2 is 1.43 bits per heavy atom. The zero-order valence-electron chi connectivity index (χ0n) is 25.0. The van der Waals surface area contributed by atoms with Crippen LogP contribution in [0.25, 0.3) is 0 Å². The van der Waals surface area contributed by atoms with Crippen LogP contribution in [0, 0.1) is 14.4 Å². The molecule has 0 radical (unpaired) electrons. The van der Waals surface area contributed by atoms with E-state index in [1.807, 2.05) is 13.0 Å². The van der Waals surface area contributed by atoms with Gasteiger partial charge in [0.05, 0.1) is 10.2 Å². The van der Waals surface area contributed by atoms with Gasteiger partial charge in [0, 0.05) is 47.8 Å². The summed E-state index contributed by atoms with van der Waals surface area (Å²) in [5, 5.41) is 0. The fraction of sp³-hybridized carbons (Fsp3) is 0.455. The van der Waals surface area contributed by atoms with Gasteiger partial charge in [0.25, 0.3) is 0 Å². The Morgan fingerprint density at radius 1 is 0.881 bits per heavy atom. The van der Waals surface area contributed by atoms with Crippen molar-refractivity contribution in [2.24, 2.45) is 10.8 Å². The Kier molecular flexibility index (Phi) is 8.15. The van der Waals surface area contributed by atoms with Crippen LogP contribution in [-0.2, 0) is 19.7 Å². The number of Topliss-reactive ketones (excluding diaryl/α,β-unsaturated/α-hetero) is 2. The number of halogens is 1. The molecule has 0 bridgehead atoms. The average Bonchev–Trinajstić information content (AvgIpc) is 2.88.